The fourth-order valence-electron chi connectivity index (χ4n) is 4.37. The molecular weight excluding hydrogens is 442 g/mol. The van der Waals surface area contributed by atoms with Crippen molar-refractivity contribution >= 4 is 51.7 Å². The van der Waals surface area contributed by atoms with Crippen LogP contribution >= 0.6 is 12.2 Å². The van der Waals surface area contributed by atoms with E-state index in [4.69, 9.17) is 12.2 Å². The Hall–Kier alpha value is -3.51. The van der Waals surface area contributed by atoms with Crippen molar-refractivity contribution in [3.05, 3.63) is 83.9 Å². The number of rotatable bonds is 5. The SMILES string of the molecule is CN(C(=S)NC(=O)/C=C/c1cccc2ccccc12)c1ccccc1C(=O)NC1CCCCC1. The Bertz CT molecular complexity index is 1230. The minimum atomic E-state index is -0.325. The van der Waals surface area contributed by atoms with Gasteiger partial charge in [0.1, 0.15) is 0 Å². The average molecular weight is 472 g/mol. The van der Waals surface area contributed by atoms with Crippen molar-refractivity contribution in [1.82, 2.24) is 10.6 Å². The maximum atomic E-state index is 13.0. The predicted molar refractivity (Wildman–Crippen MR) is 143 cm³/mol. The molecule has 3 aromatic rings. The zero-order valence-electron chi connectivity index (χ0n) is 19.3. The van der Waals surface area contributed by atoms with E-state index in [0.29, 0.717) is 11.3 Å². The fourth-order valence-corrected chi connectivity index (χ4v) is 4.57. The number of fused-ring (bicyclic) bond motifs is 1. The number of hydrogen-bond acceptors (Lipinski definition) is 3. The first-order valence-corrected chi connectivity index (χ1v) is 12.1. The van der Waals surface area contributed by atoms with E-state index in [9.17, 15) is 9.59 Å². The molecule has 174 valence electrons. The molecule has 1 fully saturated rings. The van der Waals surface area contributed by atoms with E-state index < -0.39 is 0 Å². The number of amides is 2. The zero-order chi connectivity index (χ0) is 23.9. The number of para-hydroxylation sites is 1. The van der Waals surface area contributed by atoms with Crippen LogP contribution in [0.1, 0.15) is 48.0 Å². The van der Waals surface area contributed by atoms with Crippen LogP contribution in [0, 0.1) is 0 Å². The predicted octanol–water partition coefficient (Wildman–Crippen LogP) is 5.45. The third-order valence-corrected chi connectivity index (χ3v) is 6.60. The van der Waals surface area contributed by atoms with Gasteiger partial charge in [0.15, 0.2) is 5.11 Å². The van der Waals surface area contributed by atoms with Crippen LogP contribution in [0.15, 0.2) is 72.8 Å². The molecule has 2 amide bonds. The van der Waals surface area contributed by atoms with Crippen molar-refractivity contribution in [3.63, 3.8) is 0 Å². The van der Waals surface area contributed by atoms with Crippen molar-refractivity contribution in [2.45, 2.75) is 38.1 Å². The first-order valence-electron chi connectivity index (χ1n) is 11.7. The summed E-state index contributed by atoms with van der Waals surface area (Å²) in [5.41, 5.74) is 2.15. The van der Waals surface area contributed by atoms with E-state index in [1.807, 2.05) is 60.7 Å². The van der Waals surface area contributed by atoms with Crippen LogP contribution in [-0.2, 0) is 4.79 Å². The van der Waals surface area contributed by atoms with Gasteiger partial charge in [-0.25, -0.2) is 0 Å². The summed E-state index contributed by atoms with van der Waals surface area (Å²) in [6, 6.07) is 21.5. The smallest absolute Gasteiger partial charge is 0.253 e. The topological polar surface area (TPSA) is 61.4 Å². The van der Waals surface area contributed by atoms with Gasteiger partial charge in [-0.1, -0.05) is 73.9 Å². The fraction of sp³-hybridized carbons (Fsp3) is 0.250. The lowest BCUT2D eigenvalue weighted by molar-refractivity contribution is -0.115. The number of hydrogen-bond donors (Lipinski definition) is 2. The molecule has 3 aromatic carbocycles. The largest absolute Gasteiger partial charge is 0.349 e. The number of thiocarbonyl (C=S) groups is 1. The molecule has 2 N–H and O–H groups in total. The normalized spacial score (nSPS) is 14.1. The highest BCUT2D eigenvalue weighted by molar-refractivity contribution is 7.80. The molecule has 6 heteroatoms. The second-order valence-electron chi connectivity index (χ2n) is 8.58. The number of carbonyl (C=O) groups is 2. The summed E-state index contributed by atoms with van der Waals surface area (Å²) in [7, 11) is 1.75. The van der Waals surface area contributed by atoms with E-state index in [0.717, 1.165) is 42.0 Å². The third kappa shape index (κ3) is 5.69. The molecule has 1 saturated carbocycles. The van der Waals surface area contributed by atoms with Gasteiger partial charge in [-0.3, -0.25) is 14.9 Å². The van der Waals surface area contributed by atoms with Gasteiger partial charge in [0, 0.05) is 19.2 Å². The van der Waals surface area contributed by atoms with Crippen molar-refractivity contribution in [1.29, 1.82) is 0 Å². The van der Waals surface area contributed by atoms with E-state index in [1.165, 1.54) is 12.5 Å². The molecule has 5 nitrogen and oxygen atoms in total. The first kappa shape index (κ1) is 23.6. The molecule has 34 heavy (non-hydrogen) atoms. The highest BCUT2D eigenvalue weighted by Gasteiger charge is 2.21. The highest BCUT2D eigenvalue weighted by atomic mass is 32.1. The molecule has 1 aliphatic carbocycles. The van der Waals surface area contributed by atoms with Crippen LogP contribution in [-0.4, -0.2) is 30.0 Å². The Labute approximate surface area is 205 Å². The summed E-state index contributed by atoms with van der Waals surface area (Å²) in [5, 5.41) is 8.32. The molecule has 0 heterocycles. The Kier molecular flexibility index (Phi) is 7.70. The van der Waals surface area contributed by atoms with Gasteiger partial charge in [-0.05, 0) is 59.6 Å². The Morgan fingerprint density at radius 2 is 1.65 bits per heavy atom. The summed E-state index contributed by atoms with van der Waals surface area (Å²) >= 11 is 5.48. The number of anilines is 1. The van der Waals surface area contributed by atoms with E-state index >= 15 is 0 Å². The van der Waals surface area contributed by atoms with Crippen LogP contribution in [0.5, 0.6) is 0 Å². The second-order valence-corrected chi connectivity index (χ2v) is 8.97. The van der Waals surface area contributed by atoms with Gasteiger partial charge in [0.05, 0.1) is 11.3 Å². The Balaban J connectivity index is 1.43. The molecule has 4 rings (SSSR count). The van der Waals surface area contributed by atoms with Gasteiger partial charge >= 0.3 is 0 Å². The van der Waals surface area contributed by atoms with Crippen molar-refractivity contribution in [3.8, 4) is 0 Å². The summed E-state index contributed by atoms with van der Waals surface area (Å²) in [6.45, 7) is 0. The van der Waals surface area contributed by atoms with Crippen LogP contribution in [0.25, 0.3) is 16.8 Å². The molecule has 0 atom stereocenters. The molecule has 0 saturated heterocycles. The summed E-state index contributed by atoms with van der Waals surface area (Å²) in [5.74, 6) is -0.437. The summed E-state index contributed by atoms with van der Waals surface area (Å²) in [4.78, 5) is 27.2. The van der Waals surface area contributed by atoms with Crippen LogP contribution < -0.4 is 15.5 Å². The van der Waals surface area contributed by atoms with Crippen LogP contribution in [0.3, 0.4) is 0 Å². The summed E-state index contributed by atoms with van der Waals surface area (Å²) < 4.78 is 0. The van der Waals surface area contributed by atoms with E-state index in [1.54, 1.807) is 24.1 Å². The maximum absolute atomic E-state index is 13.0. The molecule has 0 unspecified atom stereocenters. The molecule has 0 radical (unpaired) electrons. The Morgan fingerprint density at radius 1 is 0.941 bits per heavy atom. The Morgan fingerprint density at radius 3 is 2.47 bits per heavy atom. The van der Waals surface area contributed by atoms with E-state index in [2.05, 4.69) is 10.6 Å². The summed E-state index contributed by atoms with van der Waals surface area (Å²) in [6.07, 6.45) is 8.82. The molecule has 0 spiro atoms. The van der Waals surface area contributed by atoms with Crippen molar-refractivity contribution in [2.75, 3.05) is 11.9 Å². The van der Waals surface area contributed by atoms with Crippen molar-refractivity contribution in [2.24, 2.45) is 0 Å². The monoisotopic (exact) mass is 471 g/mol. The van der Waals surface area contributed by atoms with Crippen LogP contribution in [0.2, 0.25) is 0 Å². The minimum absolute atomic E-state index is 0.112. The molecule has 0 aromatic heterocycles. The van der Waals surface area contributed by atoms with E-state index in [-0.39, 0.29) is 23.0 Å². The second kappa shape index (κ2) is 11.1. The third-order valence-electron chi connectivity index (χ3n) is 6.22. The molecule has 0 aliphatic heterocycles. The quantitative estimate of drug-likeness (QED) is 0.384. The van der Waals surface area contributed by atoms with Crippen LogP contribution in [0.4, 0.5) is 5.69 Å². The van der Waals surface area contributed by atoms with Gasteiger partial charge < -0.3 is 10.2 Å². The molecule has 1 aliphatic rings. The minimum Gasteiger partial charge on any atom is -0.349 e. The molecular formula is C28H29N3O2S. The van der Waals surface area contributed by atoms with Gasteiger partial charge in [0.2, 0.25) is 5.91 Å². The first-order chi connectivity index (χ1) is 16.5. The number of nitrogens with zero attached hydrogens (tertiary/aromatic N) is 1. The lowest BCUT2D eigenvalue weighted by atomic mass is 9.95. The van der Waals surface area contributed by atoms with Gasteiger partial charge in [-0.2, -0.15) is 0 Å². The van der Waals surface area contributed by atoms with Gasteiger partial charge in [-0.15, -0.1) is 0 Å². The maximum Gasteiger partial charge on any atom is 0.253 e. The lowest BCUT2D eigenvalue weighted by Crippen LogP contribution is -2.41. The van der Waals surface area contributed by atoms with Crippen molar-refractivity contribution < 1.29 is 9.59 Å². The number of carbonyl (C=O) groups excluding carboxylic acids is 2. The molecule has 0 bridgehead atoms. The lowest BCUT2D eigenvalue weighted by Gasteiger charge is -2.25. The zero-order valence-corrected chi connectivity index (χ0v) is 20.1. The highest BCUT2D eigenvalue weighted by Crippen LogP contribution is 2.22. The van der Waals surface area contributed by atoms with Gasteiger partial charge in [0.25, 0.3) is 5.91 Å². The average Bonchev–Trinajstić information content (AvgIpc) is 2.87. The number of nitrogens with one attached hydrogen (secondary N) is 2. The standard InChI is InChI=1S/C28H29N3O2S/c1-31(25-17-8-7-16-24(25)27(33)29-22-13-3-2-4-14-22)28(34)30-26(32)19-18-21-12-9-11-20-10-5-6-15-23(20)21/h5-12,15-19,22H,2-4,13-14H2,1H3,(H,29,33)(H,30,32,34)/b19-18+. The number of benzene rings is 3.